The topological polar surface area (TPSA) is 40.1 Å². The van der Waals surface area contributed by atoms with Gasteiger partial charge in [0.15, 0.2) is 0 Å². The summed E-state index contributed by atoms with van der Waals surface area (Å²) in [6.07, 6.45) is 1.46. The van der Waals surface area contributed by atoms with Crippen LogP contribution in [0.5, 0.6) is 0 Å². The zero-order valence-electron chi connectivity index (χ0n) is 5.39. The third-order valence-electron chi connectivity index (χ3n) is 1.16. The highest BCUT2D eigenvalue weighted by Gasteiger charge is 2.05. The van der Waals surface area contributed by atoms with Crippen molar-refractivity contribution in [3.8, 4) is 0 Å². The molecule has 0 saturated heterocycles. The molecular formula is C6H10ClO2-. The molecule has 0 aliphatic rings. The molecule has 0 aromatic carbocycles. The fraction of sp³-hybridized carbons (Fsp3) is 0.833. The van der Waals surface area contributed by atoms with Crippen LogP contribution in [0.1, 0.15) is 19.8 Å². The standard InChI is InChI=1S/C6H11ClO2/c1-2-3-5(4-7)6(8)9/h5H,2-4H2,1H3,(H,8,9)/p-1. The highest BCUT2D eigenvalue weighted by atomic mass is 35.5. The quantitative estimate of drug-likeness (QED) is 0.543. The minimum Gasteiger partial charge on any atom is -0.550 e. The maximum absolute atomic E-state index is 10.1. The zero-order valence-corrected chi connectivity index (χ0v) is 6.15. The highest BCUT2D eigenvalue weighted by molar-refractivity contribution is 6.19. The van der Waals surface area contributed by atoms with Crippen molar-refractivity contribution in [1.29, 1.82) is 0 Å². The van der Waals surface area contributed by atoms with E-state index in [1.54, 1.807) is 0 Å². The number of hydrogen-bond acceptors (Lipinski definition) is 2. The van der Waals surface area contributed by atoms with Crippen LogP contribution >= 0.6 is 11.6 Å². The Hall–Kier alpha value is -0.240. The van der Waals surface area contributed by atoms with Crippen LogP contribution in [0, 0.1) is 5.92 Å². The lowest BCUT2D eigenvalue weighted by Gasteiger charge is -2.12. The summed E-state index contributed by atoms with van der Waals surface area (Å²) in [4.78, 5) is 10.1. The van der Waals surface area contributed by atoms with Gasteiger partial charge >= 0.3 is 0 Å². The lowest BCUT2D eigenvalue weighted by Crippen LogP contribution is -2.32. The number of halogens is 1. The Morgan fingerprint density at radius 3 is 2.44 bits per heavy atom. The van der Waals surface area contributed by atoms with Gasteiger partial charge in [0.1, 0.15) is 0 Å². The van der Waals surface area contributed by atoms with E-state index in [9.17, 15) is 9.90 Å². The van der Waals surface area contributed by atoms with E-state index in [-0.39, 0.29) is 5.88 Å². The molecule has 0 radical (unpaired) electrons. The normalized spacial score (nSPS) is 13.1. The molecular weight excluding hydrogens is 140 g/mol. The molecule has 0 aromatic heterocycles. The van der Waals surface area contributed by atoms with Crippen LogP contribution in [0.3, 0.4) is 0 Å². The zero-order chi connectivity index (χ0) is 7.28. The number of hydrogen-bond donors (Lipinski definition) is 0. The summed E-state index contributed by atoms with van der Waals surface area (Å²) < 4.78 is 0. The number of carboxylic acid groups (broad SMARTS) is 1. The van der Waals surface area contributed by atoms with E-state index >= 15 is 0 Å². The summed E-state index contributed by atoms with van der Waals surface area (Å²) in [5.74, 6) is -1.33. The van der Waals surface area contributed by atoms with Gasteiger partial charge in [0.25, 0.3) is 0 Å². The van der Waals surface area contributed by atoms with Gasteiger partial charge in [0.2, 0.25) is 0 Å². The average Bonchev–Trinajstić information content (AvgIpc) is 1.82. The van der Waals surface area contributed by atoms with Crippen molar-refractivity contribution in [3.63, 3.8) is 0 Å². The molecule has 1 atom stereocenters. The summed E-state index contributed by atoms with van der Waals surface area (Å²) in [6.45, 7) is 1.92. The molecule has 9 heavy (non-hydrogen) atoms. The number of carboxylic acids is 1. The summed E-state index contributed by atoms with van der Waals surface area (Å²) in [5, 5.41) is 10.1. The summed E-state index contributed by atoms with van der Waals surface area (Å²) >= 11 is 5.32. The van der Waals surface area contributed by atoms with Crippen molar-refractivity contribution in [2.45, 2.75) is 19.8 Å². The Kier molecular flexibility index (Phi) is 4.50. The van der Waals surface area contributed by atoms with E-state index in [4.69, 9.17) is 11.6 Å². The molecule has 0 N–H and O–H groups in total. The molecule has 0 spiro atoms. The molecule has 0 aliphatic heterocycles. The first-order chi connectivity index (χ1) is 4.22. The lowest BCUT2D eigenvalue weighted by molar-refractivity contribution is -0.311. The molecule has 0 fully saturated rings. The first-order valence-electron chi connectivity index (χ1n) is 2.99. The number of aliphatic carboxylic acids is 1. The average molecular weight is 150 g/mol. The predicted octanol–water partition coefficient (Wildman–Crippen LogP) is 0.391. The smallest absolute Gasteiger partial charge is 0.0457 e. The van der Waals surface area contributed by atoms with Crippen molar-refractivity contribution in [2.24, 2.45) is 5.92 Å². The van der Waals surface area contributed by atoms with Crippen LogP contribution in [0.25, 0.3) is 0 Å². The van der Waals surface area contributed by atoms with E-state index in [2.05, 4.69) is 0 Å². The Bertz CT molecular complexity index is 93.1. The van der Waals surface area contributed by atoms with Gasteiger partial charge < -0.3 is 9.90 Å². The van der Waals surface area contributed by atoms with Crippen LogP contribution in [-0.4, -0.2) is 11.8 Å². The van der Waals surface area contributed by atoms with Crippen molar-refractivity contribution in [3.05, 3.63) is 0 Å². The third kappa shape index (κ3) is 3.36. The van der Waals surface area contributed by atoms with Gasteiger partial charge in [-0.1, -0.05) is 13.3 Å². The lowest BCUT2D eigenvalue weighted by atomic mass is 10.1. The molecule has 0 saturated carbocycles. The largest absolute Gasteiger partial charge is 0.550 e. The monoisotopic (exact) mass is 149 g/mol. The molecule has 2 nitrogen and oxygen atoms in total. The Labute approximate surface area is 59.8 Å². The number of rotatable bonds is 4. The minimum absolute atomic E-state index is 0.163. The first-order valence-corrected chi connectivity index (χ1v) is 3.52. The van der Waals surface area contributed by atoms with Crippen LogP contribution in [0.4, 0.5) is 0 Å². The molecule has 0 amide bonds. The van der Waals surface area contributed by atoms with Gasteiger partial charge in [-0.3, -0.25) is 0 Å². The molecule has 54 valence electrons. The second-order valence-electron chi connectivity index (χ2n) is 1.96. The number of carbonyl (C=O) groups excluding carboxylic acids is 1. The SMILES string of the molecule is CCCC(CCl)C(=O)[O-]. The Morgan fingerprint density at radius 2 is 2.33 bits per heavy atom. The van der Waals surface area contributed by atoms with Crippen molar-refractivity contribution in [1.82, 2.24) is 0 Å². The molecule has 0 rings (SSSR count). The summed E-state index contributed by atoms with van der Waals surface area (Å²) in [7, 11) is 0. The maximum atomic E-state index is 10.1. The molecule has 0 aromatic rings. The van der Waals surface area contributed by atoms with Crippen molar-refractivity contribution in [2.75, 3.05) is 5.88 Å². The number of carbonyl (C=O) groups is 1. The first kappa shape index (κ1) is 8.76. The van der Waals surface area contributed by atoms with E-state index < -0.39 is 11.9 Å². The molecule has 0 bridgehead atoms. The molecule has 3 heteroatoms. The van der Waals surface area contributed by atoms with Crippen LogP contribution in [-0.2, 0) is 4.79 Å². The van der Waals surface area contributed by atoms with Gasteiger partial charge in [0.05, 0.1) is 0 Å². The van der Waals surface area contributed by atoms with Crippen LogP contribution in [0.15, 0.2) is 0 Å². The predicted molar refractivity (Wildman–Crippen MR) is 34.1 cm³/mol. The fourth-order valence-electron chi connectivity index (χ4n) is 0.606. The van der Waals surface area contributed by atoms with Gasteiger partial charge in [-0.25, -0.2) is 0 Å². The third-order valence-corrected chi connectivity index (χ3v) is 1.53. The molecule has 0 aliphatic carbocycles. The van der Waals surface area contributed by atoms with Crippen molar-refractivity contribution < 1.29 is 9.90 Å². The summed E-state index contributed by atoms with van der Waals surface area (Å²) in [5.41, 5.74) is 0. The highest BCUT2D eigenvalue weighted by Crippen LogP contribution is 2.06. The Balaban J connectivity index is 3.54. The van der Waals surface area contributed by atoms with E-state index in [1.165, 1.54) is 0 Å². The molecule has 0 heterocycles. The van der Waals surface area contributed by atoms with Gasteiger partial charge in [-0.15, -0.1) is 11.6 Å². The van der Waals surface area contributed by atoms with E-state index in [0.29, 0.717) is 6.42 Å². The number of alkyl halides is 1. The Morgan fingerprint density at radius 1 is 1.78 bits per heavy atom. The van der Waals surface area contributed by atoms with E-state index in [0.717, 1.165) is 6.42 Å². The maximum Gasteiger partial charge on any atom is 0.0457 e. The van der Waals surface area contributed by atoms with Crippen LogP contribution < -0.4 is 5.11 Å². The molecule has 1 unspecified atom stereocenters. The van der Waals surface area contributed by atoms with Gasteiger partial charge in [0, 0.05) is 17.8 Å². The van der Waals surface area contributed by atoms with Crippen LogP contribution in [0.2, 0.25) is 0 Å². The fourth-order valence-corrected chi connectivity index (χ4v) is 0.887. The van der Waals surface area contributed by atoms with E-state index in [1.807, 2.05) is 6.92 Å². The van der Waals surface area contributed by atoms with Crippen molar-refractivity contribution >= 4 is 17.6 Å². The summed E-state index contributed by atoms with van der Waals surface area (Å²) in [6, 6.07) is 0. The minimum atomic E-state index is -1.04. The van der Waals surface area contributed by atoms with Gasteiger partial charge in [-0.2, -0.15) is 0 Å². The second-order valence-corrected chi connectivity index (χ2v) is 2.27. The van der Waals surface area contributed by atoms with Gasteiger partial charge in [-0.05, 0) is 6.42 Å². The second kappa shape index (κ2) is 4.62.